The van der Waals surface area contributed by atoms with E-state index in [2.05, 4.69) is 37.7 Å². The molecule has 12 nitrogen and oxygen atoms in total. The molecule has 0 spiro atoms. The van der Waals surface area contributed by atoms with Crippen LogP contribution in [0.25, 0.3) is 11.2 Å². The highest BCUT2D eigenvalue weighted by atomic mass is 16.6. The molecule has 5 rings (SSSR count). The number of nitrogens with one attached hydrogen (secondary N) is 3. The number of hydrogen-bond donors (Lipinski definition) is 4. The summed E-state index contributed by atoms with van der Waals surface area (Å²) in [7, 11) is 0. The van der Waals surface area contributed by atoms with E-state index >= 15 is 0 Å². The number of carbonyl (C=O) groups excluding carboxylic acids is 1. The van der Waals surface area contributed by atoms with Crippen LogP contribution in [0.1, 0.15) is 78.2 Å². The van der Waals surface area contributed by atoms with Crippen LogP contribution in [0.15, 0.2) is 18.5 Å². The summed E-state index contributed by atoms with van der Waals surface area (Å²) in [5.41, 5.74) is 1.00. The number of carboxylic acid groups (broad SMARTS) is 1. The van der Waals surface area contributed by atoms with E-state index in [0.717, 1.165) is 49.7 Å². The van der Waals surface area contributed by atoms with Crippen molar-refractivity contribution >= 4 is 35.1 Å². The number of aromatic nitrogens is 4. The molecule has 4 N–H and O–H groups in total. The Morgan fingerprint density at radius 3 is 2.31 bits per heavy atom. The van der Waals surface area contributed by atoms with E-state index in [-0.39, 0.29) is 30.3 Å². The van der Waals surface area contributed by atoms with Gasteiger partial charge >= 0.3 is 12.2 Å². The van der Waals surface area contributed by atoms with Crippen molar-refractivity contribution in [3.05, 3.63) is 18.5 Å². The molecule has 12 heteroatoms. The van der Waals surface area contributed by atoms with Gasteiger partial charge in [-0.15, -0.1) is 0 Å². The Hall–Kier alpha value is -3.57. The van der Waals surface area contributed by atoms with Crippen LogP contribution >= 0.6 is 0 Å². The van der Waals surface area contributed by atoms with E-state index in [0.29, 0.717) is 37.7 Å². The Kier molecular flexibility index (Phi) is 7.81. The van der Waals surface area contributed by atoms with E-state index in [1.165, 1.54) is 4.90 Å². The van der Waals surface area contributed by atoms with Gasteiger partial charge in [0.2, 0.25) is 5.95 Å². The lowest BCUT2D eigenvalue weighted by Gasteiger charge is -2.31. The molecule has 39 heavy (non-hydrogen) atoms. The van der Waals surface area contributed by atoms with E-state index in [1.54, 1.807) is 0 Å². The zero-order valence-electron chi connectivity index (χ0n) is 23.0. The molecule has 0 radical (unpaired) electrons. The van der Waals surface area contributed by atoms with Crippen molar-refractivity contribution in [3.8, 4) is 0 Å². The van der Waals surface area contributed by atoms with Crippen LogP contribution in [0.3, 0.4) is 0 Å². The lowest BCUT2D eigenvalue weighted by Crippen LogP contribution is -2.42. The third kappa shape index (κ3) is 6.72. The van der Waals surface area contributed by atoms with Gasteiger partial charge in [-0.3, -0.25) is 0 Å². The normalized spacial score (nSPS) is 24.1. The second kappa shape index (κ2) is 11.3. The summed E-state index contributed by atoms with van der Waals surface area (Å²) in [5, 5.41) is 19.4. The Labute approximate surface area is 228 Å². The molecule has 2 amide bonds. The van der Waals surface area contributed by atoms with Crippen LogP contribution < -0.4 is 16.0 Å². The minimum absolute atomic E-state index is 0.0887. The summed E-state index contributed by atoms with van der Waals surface area (Å²) in [6.45, 7) is 6.58. The van der Waals surface area contributed by atoms with Crippen molar-refractivity contribution < 1.29 is 19.4 Å². The van der Waals surface area contributed by atoms with Gasteiger partial charge in [-0.25, -0.2) is 14.6 Å². The molecule has 2 fully saturated rings. The first kappa shape index (κ1) is 27.0. The van der Waals surface area contributed by atoms with Gasteiger partial charge in [-0.1, -0.05) is 12.2 Å². The molecule has 1 unspecified atom stereocenters. The molecule has 1 atom stereocenters. The van der Waals surface area contributed by atoms with Gasteiger partial charge in [0.05, 0.1) is 12.4 Å². The highest BCUT2D eigenvalue weighted by Gasteiger charge is 2.28. The maximum atomic E-state index is 12.2. The Bertz CT molecular complexity index is 1210. The predicted octanol–water partition coefficient (Wildman–Crippen LogP) is 4.52. The summed E-state index contributed by atoms with van der Waals surface area (Å²) < 4.78 is 7.52. The van der Waals surface area contributed by atoms with Crippen molar-refractivity contribution in [3.63, 3.8) is 0 Å². The van der Waals surface area contributed by atoms with Gasteiger partial charge in [-0.05, 0) is 72.1 Å². The third-order valence-electron chi connectivity index (χ3n) is 7.65. The number of fused-ring (bicyclic) bond motifs is 1. The average Bonchev–Trinajstić information content (AvgIpc) is 3.54. The van der Waals surface area contributed by atoms with Crippen molar-refractivity contribution in [2.24, 2.45) is 0 Å². The Morgan fingerprint density at radius 1 is 0.974 bits per heavy atom. The first-order valence-electron chi connectivity index (χ1n) is 14.1. The minimum atomic E-state index is -0.872. The van der Waals surface area contributed by atoms with Gasteiger partial charge < -0.3 is 35.3 Å². The largest absolute Gasteiger partial charge is 0.465 e. The maximum absolute atomic E-state index is 12.2. The molecule has 0 aromatic carbocycles. The van der Waals surface area contributed by atoms with E-state index in [9.17, 15) is 14.7 Å². The number of piperidine rings is 1. The fraction of sp³-hybridized carbons (Fsp3) is 0.667. The summed E-state index contributed by atoms with van der Waals surface area (Å²) in [6.07, 6.45) is 11.9. The monoisotopic (exact) mass is 540 g/mol. The van der Waals surface area contributed by atoms with Crippen LogP contribution in [0.4, 0.5) is 21.4 Å². The smallest absolute Gasteiger partial charge is 0.407 e. The molecule has 1 aliphatic heterocycles. The molecule has 3 aliphatic rings. The number of hydrogen-bond acceptors (Lipinski definition) is 8. The fourth-order valence-electron chi connectivity index (χ4n) is 5.62. The number of alkyl carbamates (subject to hydrolysis) is 1. The molecule has 2 aliphatic carbocycles. The lowest BCUT2D eigenvalue weighted by molar-refractivity contribution is 0.0492. The van der Waals surface area contributed by atoms with Gasteiger partial charge in [0, 0.05) is 31.2 Å². The molecule has 2 aromatic rings. The van der Waals surface area contributed by atoms with E-state index < -0.39 is 11.7 Å². The fourth-order valence-corrected chi connectivity index (χ4v) is 5.62. The second-order valence-corrected chi connectivity index (χ2v) is 11.8. The minimum Gasteiger partial charge on any atom is -0.465 e. The predicted molar refractivity (Wildman–Crippen MR) is 148 cm³/mol. The molecule has 2 aromatic heterocycles. The molecule has 3 heterocycles. The molecule has 0 bridgehead atoms. The quantitative estimate of drug-likeness (QED) is 0.388. The highest BCUT2D eigenvalue weighted by molar-refractivity contribution is 5.84. The summed E-state index contributed by atoms with van der Waals surface area (Å²) in [4.78, 5) is 39.4. The van der Waals surface area contributed by atoms with Gasteiger partial charge in [0.25, 0.3) is 0 Å². The highest BCUT2D eigenvalue weighted by Crippen LogP contribution is 2.31. The summed E-state index contributed by atoms with van der Waals surface area (Å²) in [5.74, 6) is 1.23. The first-order chi connectivity index (χ1) is 18.6. The van der Waals surface area contributed by atoms with Crippen LogP contribution in [0, 0.1) is 0 Å². The van der Waals surface area contributed by atoms with Gasteiger partial charge in [-0.2, -0.15) is 9.97 Å². The van der Waals surface area contributed by atoms with Crippen molar-refractivity contribution in [2.45, 2.75) is 102 Å². The van der Waals surface area contributed by atoms with Gasteiger partial charge in [0.1, 0.15) is 5.60 Å². The second-order valence-electron chi connectivity index (χ2n) is 11.8. The Balaban J connectivity index is 1.28. The van der Waals surface area contributed by atoms with Crippen molar-refractivity contribution in [1.82, 2.24) is 29.7 Å². The molecular weight excluding hydrogens is 500 g/mol. The molecule has 212 valence electrons. The standard InChI is InChI=1S/C27H40N8O4/c1-27(2,3)39-25(36)31-18-10-8-17(9-11-18)30-24-32-22(29-19-12-14-34(15-13-19)26(37)38)21-23(33-24)35(16-28-21)20-6-4-5-7-20/h4,6,16-20H,5,7-15H2,1-3H3,(H,31,36)(H,37,38)(H2,29,30,32,33). The van der Waals surface area contributed by atoms with Crippen LogP contribution in [0.5, 0.6) is 0 Å². The van der Waals surface area contributed by atoms with Gasteiger partial charge in [0.15, 0.2) is 17.0 Å². The maximum Gasteiger partial charge on any atom is 0.407 e. The van der Waals surface area contributed by atoms with Crippen LogP contribution in [-0.4, -0.2) is 78.5 Å². The lowest BCUT2D eigenvalue weighted by atomic mass is 9.91. The third-order valence-corrected chi connectivity index (χ3v) is 7.65. The number of nitrogens with zero attached hydrogens (tertiary/aromatic N) is 5. The average molecular weight is 541 g/mol. The number of rotatable bonds is 6. The topological polar surface area (TPSA) is 147 Å². The van der Waals surface area contributed by atoms with Crippen LogP contribution in [0.2, 0.25) is 0 Å². The Morgan fingerprint density at radius 2 is 1.67 bits per heavy atom. The van der Waals surface area contributed by atoms with E-state index in [4.69, 9.17) is 14.7 Å². The number of likely N-dealkylation sites (tertiary alicyclic amines) is 1. The van der Waals surface area contributed by atoms with E-state index in [1.807, 2.05) is 27.1 Å². The number of imidazole rings is 1. The number of amides is 2. The molecular formula is C27H40N8O4. The van der Waals surface area contributed by atoms with Crippen LogP contribution in [-0.2, 0) is 4.74 Å². The molecule has 1 saturated carbocycles. The number of anilines is 2. The molecule has 1 saturated heterocycles. The van der Waals surface area contributed by atoms with Crippen molar-refractivity contribution in [1.29, 1.82) is 0 Å². The van der Waals surface area contributed by atoms with Crippen molar-refractivity contribution in [2.75, 3.05) is 23.7 Å². The SMILES string of the molecule is CC(C)(C)OC(=O)NC1CCC(Nc2nc(NC3CCN(C(=O)O)CC3)c3ncn(C4C=CCC4)c3n2)CC1. The number of carbonyl (C=O) groups is 2. The number of ether oxygens (including phenoxy) is 1. The first-order valence-corrected chi connectivity index (χ1v) is 14.1. The summed E-state index contributed by atoms with van der Waals surface area (Å²) in [6, 6.07) is 0.607. The number of allylic oxidation sites excluding steroid dienone is 2. The zero-order chi connectivity index (χ0) is 27.6. The summed E-state index contributed by atoms with van der Waals surface area (Å²) >= 11 is 0. The zero-order valence-corrected chi connectivity index (χ0v) is 23.0.